The van der Waals surface area contributed by atoms with Crippen molar-refractivity contribution in [3.05, 3.63) is 35.8 Å². The Balaban J connectivity index is 1.78. The molecule has 1 N–H and O–H groups in total. The van der Waals surface area contributed by atoms with Gasteiger partial charge in [-0.2, -0.15) is 18.3 Å². The number of hydrogen-bond acceptors (Lipinski definition) is 7. The van der Waals surface area contributed by atoms with Crippen LogP contribution in [0.15, 0.2) is 29.6 Å². The molecule has 1 saturated carbocycles. The third kappa shape index (κ3) is 3.57. The minimum Gasteiger partial charge on any atom is -0.348 e. The molecule has 178 valence electrons. The van der Waals surface area contributed by atoms with E-state index in [1.54, 1.807) is 0 Å². The maximum atomic E-state index is 13.2. The molecular weight excluding hydrogens is 475 g/mol. The molecule has 0 aliphatic heterocycles. The number of pyridine rings is 1. The van der Waals surface area contributed by atoms with E-state index >= 15 is 0 Å². The third-order valence-corrected chi connectivity index (χ3v) is 7.20. The van der Waals surface area contributed by atoms with Crippen LogP contribution >= 0.6 is 0 Å². The average molecular weight is 493 g/mol. The second-order valence-electron chi connectivity index (χ2n) is 7.96. The zero-order chi connectivity index (χ0) is 24.4. The van der Waals surface area contributed by atoms with Gasteiger partial charge in [-0.15, -0.1) is 0 Å². The SMILES string of the molecule is CCS(=O)(=O)c1nn2c(C(=O)NC3CC3)ccnc2c1-c1nc2cc(C(F)(F)F)cnc2n1C. The molecule has 1 fully saturated rings. The Morgan fingerprint density at radius 3 is 2.62 bits per heavy atom. The van der Waals surface area contributed by atoms with Crippen molar-refractivity contribution < 1.29 is 26.4 Å². The van der Waals surface area contributed by atoms with Crippen LogP contribution in [0.2, 0.25) is 0 Å². The fraction of sp³-hybridized carbons (Fsp3) is 0.350. The van der Waals surface area contributed by atoms with Gasteiger partial charge >= 0.3 is 6.18 Å². The first-order valence-electron chi connectivity index (χ1n) is 10.3. The number of rotatable bonds is 5. The highest BCUT2D eigenvalue weighted by molar-refractivity contribution is 7.91. The van der Waals surface area contributed by atoms with Crippen molar-refractivity contribution in [1.29, 1.82) is 0 Å². The van der Waals surface area contributed by atoms with Crippen molar-refractivity contribution >= 4 is 32.6 Å². The van der Waals surface area contributed by atoms with Gasteiger partial charge in [0.25, 0.3) is 5.91 Å². The molecule has 0 saturated heterocycles. The summed E-state index contributed by atoms with van der Waals surface area (Å²) in [7, 11) is -2.43. The average Bonchev–Trinajstić information content (AvgIpc) is 3.42. The minimum atomic E-state index is -4.62. The molecule has 4 aromatic rings. The fourth-order valence-corrected chi connectivity index (χ4v) is 4.56. The molecule has 5 rings (SSSR count). The minimum absolute atomic E-state index is 0.0103. The second kappa shape index (κ2) is 7.48. The summed E-state index contributed by atoms with van der Waals surface area (Å²) in [6, 6.07) is 2.31. The molecule has 34 heavy (non-hydrogen) atoms. The molecule has 1 amide bonds. The number of amides is 1. The third-order valence-electron chi connectivity index (χ3n) is 5.57. The van der Waals surface area contributed by atoms with Crippen molar-refractivity contribution in [2.75, 3.05) is 5.75 Å². The monoisotopic (exact) mass is 493 g/mol. The maximum Gasteiger partial charge on any atom is 0.417 e. The van der Waals surface area contributed by atoms with Crippen LogP contribution in [0.25, 0.3) is 28.2 Å². The summed E-state index contributed by atoms with van der Waals surface area (Å²) in [5, 5.41) is 6.65. The lowest BCUT2D eigenvalue weighted by molar-refractivity contribution is -0.137. The van der Waals surface area contributed by atoms with E-state index in [1.807, 2.05) is 0 Å². The Morgan fingerprint density at radius 1 is 1.24 bits per heavy atom. The van der Waals surface area contributed by atoms with Crippen molar-refractivity contribution in [1.82, 2.24) is 34.4 Å². The van der Waals surface area contributed by atoms with Crippen LogP contribution in [0.5, 0.6) is 0 Å². The smallest absolute Gasteiger partial charge is 0.348 e. The summed E-state index contributed by atoms with van der Waals surface area (Å²) < 4.78 is 67.9. The van der Waals surface area contributed by atoms with Gasteiger partial charge in [-0.3, -0.25) is 4.79 Å². The number of aryl methyl sites for hydroxylation is 1. The Labute approximate surface area is 190 Å². The van der Waals surface area contributed by atoms with Crippen LogP contribution in [0.4, 0.5) is 13.2 Å². The van der Waals surface area contributed by atoms with E-state index in [1.165, 1.54) is 30.8 Å². The molecule has 10 nitrogen and oxygen atoms in total. The first-order valence-corrected chi connectivity index (χ1v) is 12.0. The molecule has 0 aromatic carbocycles. The zero-order valence-electron chi connectivity index (χ0n) is 18.0. The van der Waals surface area contributed by atoms with E-state index in [9.17, 15) is 26.4 Å². The molecule has 1 aliphatic rings. The highest BCUT2D eigenvalue weighted by Gasteiger charge is 2.34. The van der Waals surface area contributed by atoms with Gasteiger partial charge in [0.2, 0.25) is 0 Å². The van der Waals surface area contributed by atoms with Crippen LogP contribution in [0, 0.1) is 0 Å². The number of hydrogen-bond donors (Lipinski definition) is 1. The van der Waals surface area contributed by atoms with E-state index in [2.05, 4.69) is 25.4 Å². The van der Waals surface area contributed by atoms with Crippen LogP contribution in [-0.2, 0) is 23.1 Å². The van der Waals surface area contributed by atoms with E-state index < -0.39 is 27.5 Å². The highest BCUT2D eigenvalue weighted by Crippen LogP contribution is 2.35. The summed E-state index contributed by atoms with van der Waals surface area (Å²) in [6.45, 7) is 1.43. The standard InChI is InChI=1S/C20H18F3N7O3S/c1-3-34(32,33)19-14(16-24-7-6-13(30(16)28-19)18(31)26-11-4-5-11)17-27-12-8-10(20(21,22)23)9-25-15(12)29(17)2/h6-9,11H,3-5H2,1-2H3,(H,26,31). The highest BCUT2D eigenvalue weighted by atomic mass is 32.2. The predicted molar refractivity (Wildman–Crippen MR) is 114 cm³/mol. The van der Waals surface area contributed by atoms with Crippen LogP contribution in [0.1, 0.15) is 35.8 Å². The second-order valence-corrected chi connectivity index (χ2v) is 10.1. The van der Waals surface area contributed by atoms with Gasteiger partial charge in [-0.25, -0.2) is 27.9 Å². The number of nitrogens with one attached hydrogen (secondary N) is 1. The number of carbonyl (C=O) groups excluding carboxylic acids is 1. The fourth-order valence-electron chi connectivity index (χ4n) is 3.59. The topological polar surface area (TPSA) is 124 Å². The first kappa shape index (κ1) is 22.3. The molecule has 14 heteroatoms. The lowest BCUT2D eigenvalue weighted by Crippen LogP contribution is -2.27. The van der Waals surface area contributed by atoms with E-state index in [0.717, 1.165) is 23.4 Å². The van der Waals surface area contributed by atoms with Gasteiger partial charge in [-0.05, 0) is 25.0 Å². The van der Waals surface area contributed by atoms with Crippen LogP contribution in [-0.4, -0.2) is 55.3 Å². The molecule has 0 radical (unpaired) electrons. The van der Waals surface area contributed by atoms with Crippen molar-refractivity contribution in [2.24, 2.45) is 7.05 Å². The van der Waals surface area contributed by atoms with Crippen LogP contribution in [0.3, 0.4) is 0 Å². The molecule has 4 aromatic heterocycles. The Hall–Kier alpha value is -3.55. The lowest BCUT2D eigenvalue weighted by Gasteiger charge is -2.06. The quantitative estimate of drug-likeness (QED) is 0.453. The maximum absolute atomic E-state index is 13.2. The van der Waals surface area contributed by atoms with Crippen molar-refractivity contribution in [3.8, 4) is 11.4 Å². The van der Waals surface area contributed by atoms with E-state index in [-0.39, 0.29) is 50.7 Å². The van der Waals surface area contributed by atoms with Gasteiger partial charge in [0.15, 0.2) is 26.2 Å². The Kier molecular flexibility index (Phi) is 4.90. The number of sulfone groups is 1. The lowest BCUT2D eigenvalue weighted by atomic mass is 10.2. The van der Waals surface area contributed by atoms with Crippen LogP contribution < -0.4 is 5.32 Å². The van der Waals surface area contributed by atoms with Gasteiger partial charge in [0.1, 0.15) is 22.6 Å². The summed E-state index contributed by atoms with van der Waals surface area (Å²) in [6.07, 6.45) is -0.885. The molecule has 1 aliphatic carbocycles. The van der Waals surface area contributed by atoms with Gasteiger partial charge < -0.3 is 9.88 Å². The molecule has 0 bridgehead atoms. The number of halogens is 3. The normalized spacial score (nSPS) is 14.7. The Bertz CT molecular complexity index is 1570. The summed E-state index contributed by atoms with van der Waals surface area (Å²) >= 11 is 0. The predicted octanol–water partition coefficient (Wildman–Crippen LogP) is 2.38. The number of carbonyl (C=O) groups is 1. The summed E-state index contributed by atoms with van der Waals surface area (Å²) in [5.41, 5.74) is -0.851. The number of alkyl halides is 3. The summed E-state index contributed by atoms with van der Waals surface area (Å²) in [5.74, 6) is -0.726. The molecule has 0 spiro atoms. The van der Waals surface area contributed by atoms with Gasteiger partial charge in [0.05, 0.1) is 11.3 Å². The molecule has 0 atom stereocenters. The number of imidazole rings is 1. The summed E-state index contributed by atoms with van der Waals surface area (Å²) in [4.78, 5) is 25.1. The van der Waals surface area contributed by atoms with Crippen molar-refractivity contribution in [2.45, 2.75) is 37.0 Å². The number of nitrogens with zero attached hydrogens (tertiary/aromatic N) is 6. The largest absolute Gasteiger partial charge is 0.417 e. The van der Waals surface area contributed by atoms with Crippen molar-refractivity contribution in [3.63, 3.8) is 0 Å². The Morgan fingerprint density at radius 2 is 1.97 bits per heavy atom. The van der Waals surface area contributed by atoms with Gasteiger partial charge in [-0.1, -0.05) is 6.92 Å². The molecule has 4 heterocycles. The van der Waals surface area contributed by atoms with Gasteiger partial charge in [0, 0.05) is 25.5 Å². The number of aromatic nitrogens is 6. The zero-order valence-corrected chi connectivity index (χ0v) is 18.8. The first-order chi connectivity index (χ1) is 16.0. The molecule has 0 unspecified atom stereocenters. The van der Waals surface area contributed by atoms with E-state index in [0.29, 0.717) is 6.20 Å². The molecular formula is C20H18F3N7O3S. The van der Waals surface area contributed by atoms with E-state index in [4.69, 9.17) is 0 Å². The number of fused-ring (bicyclic) bond motifs is 2.